The van der Waals surface area contributed by atoms with Gasteiger partial charge >= 0.3 is 12.1 Å². The van der Waals surface area contributed by atoms with E-state index in [2.05, 4.69) is 28.0 Å². The summed E-state index contributed by atoms with van der Waals surface area (Å²) in [6.45, 7) is 13.0. The molecule has 2 aliphatic heterocycles. The first-order chi connectivity index (χ1) is 22.0. The standard InChI is InChI=1S/C37H46ClN3O5/c1-5-45-35(43)29-9-13-31(14-10-29)40-18-16-28(17-19-40)34(42)33-24-26(6-15-32(33)27-7-11-30(38)12-8-27)25-39-20-22-41(23-21-39)36(44)46-37(2,3)4/h6-15,24,28,34,42H,5,16-23,25H2,1-4H3/t34-/m0/s1. The number of benzene rings is 3. The van der Waals surface area contributed by atoms with Crippen molar-refractivity contribution in [3.63, 3.8) is 0 Å². The number of amides is 1. The number of rotatable bonds is 8. The van der Waals surface area contributed by atoms with Gasteiger partial charge in [0.2, 0.25) is 0 Å². The third-order valence-corrected chi connectivity index (χ3v) is 9.00. The molecule has 2 saturated heterocycles. The topological polar surface area (TPSA) is 82.5 Å². The molecule has 2 heterocycles. The molecule has 2 aliphatic rings. The summed E-state index contributed by atoms with van der Waals surface area (Å²) in [6, 6.07) is 21.8. The highest BCUT2D eigenvalue weighted by Gasteiger charge is 2.30. The zero-order valence-corrected chi connectivity index (χ0v) is 28.1. The van der Waals surface area contributed by atoms with E-state index in [1.807, 2.05) is 69.3 Å². The van der Waals surface area contributed by atoms with Gasteiger partial charge in [0, 0.05) is 56.5 Å². The molecule has 1 atom stereocenters. The highest BCUT2D eigenvalue weighted by Crippen LogP contribution is 2.38. The SMILES string of the molecule is CCOC(=O)c1ccc(N2CCC([C@H](O)c3cc(CN4CCN(C(=O)OC(C)(C)C)CC4)ccc3-c3ccc(Cl)cc3)CC2)cc1. The third-order valence-electron chi connectivity index (χ3n) is 8.75. The molecule has 0 radical (unpaired) electrons. The van der Waals surface area contributed by atoms with Crippen LogP contribution in [0.1, 0.15) is 68.1 Å². The summed E-state index contributed by atoms with van der Waals surface area (Å²) < 4.78 is 10.7. The van der Waals surface area contributed by atoms with E-state index in [9.17, 15) is 14.7 Å². The van der Waals surface area contributed by atoms with Gasteiger partial charge in [0.05, 0.1) is 18.3 Å². The summed E-state index contributed by atoms with van der Waals surface area (Å²) in [6.07, 6.45) is 0.808. The van der Waals surface area contributed by atoms with Crippen molar-refractivity contribution in [1.29, 1.82) is 0 Å². The minimum atomic E-state index is -0.622. The van der Waals surface area contributed by atoms with Crippen LogP contribution in [0, 0.1) is 5.92 Å². The van der Waals surface area contributed by atoms with Crippen molar-refractivity contribution in [2.24, 2.45) is 5.92 Å². The van der Waals surface area contributed by atoms with Crippen LogP contribution in [0.15, 0.2) is 66.7 Å². The Hall–Kier alpha value is -3.59. The Bertz CT molecular complexity index is 1470. The van der Waals surface area contributed by atoms with Crippen molar-refractivity contribution >= 4 is 29.4 Å². The lowest BCUT2D eigenvalue weighted by atomic mass is 9.83. The molecule has 5 rings (SSSR count). The van der Waals surface area contributed by atoms with Crippen molar-refractivity contribution in [2.75, 3.05) is 50.8 Å². The second-order valence-electron chi connectivity index (χ2n) is 13.2. The molecule has 0 spiro atoms. The molecule has 8 nitrogen and oxygen atoms in total. The van der Waals surface area contributed by atoms with Crippen LogP contribution < -0.4 is 4.90 Å². The molecular weight excluding hydrogens is 602 g/mol. The first-order valence-corrected chi connectivity index (χ1v) is 16.7. The number of esters is 1. The molecule has 0 saturated carbocycles. The van der Waals surface area contributed by atoms with Gasteiger partial charge in [-0.1, -0.05) is 41.9 Å². The number of aliphatic hydroxyl groups excluding tert-OH is 1. The van der Waals surface area contributed by atoms with Crippen molar-refractivity contribution in [2.45, 2.75) is 58.8 Å². The van der Waals surface area contributed by atoms with E-state index in [1.54, 1.807) is 11.8 Å². The van der Waals surface area contributed by atoms with Crippen LogP contribution in [0.5, 0.6) is 0 Å². The Morgan fingerprint density at radius 3 is 2.17 bits per heavy atom. The first-order valence-electron chi connectivity index (χ1n) is 16.3. The summed E-state index contributed by atoms with van der Waals surface area (Å²) in [7, 11) is 0. The average Bonchev–Trinajstić information content (AvgIpc) is 3.05. The quantitative estimate of drug-likeness (QED) is 0.259. The molecular formula is C37H46ClN3O5. The molecule has 0 aromatic heterocycles. The molecule has 246 valence electrons. The summed E-state index contributed by atoms with van der Waals surface area (Å²) in [5, 5.41) is 12.6. The number of hydrogen-bond donors (Lipinski definition) is 1. The van der Waals surface area contributed by atoms with Crippen LogP contribution in [0.25, 0.3) is 11.1 Å². The molecule has 1 amide bonds. The number of carbonyl (C=O) groups is 2. The predicted octanol–water partition coefficient (Wildman–Crippen LogP) is 7.19. The fourth-order valence-electron chi connectivity index (χ4n) is 6.27. The average molecular weight is 648 g/mol. The maximum atomic E-state index is 12.5. The van der Waals surface area contributed by atoms with Gasteiger partial charge in [-0.05, 0) is 105 Å². The number of piperidine rings is 1. The molecule has 9 heteroatoms. The van der Waals surface area contributed by atoms with E-state index >= 15 is 0 Å². The van der Waals surface area contributed by atoms with E-state index in [-0.39, 0.29) is 18.0 Å². The summed E-state index contributed by atoms with van der Waals surface area (Å²) in [4.78, 5) is 31.0. The van der Waals surface area contributed by atoms with Crippen LogP contribution in [0.2, 0.25) is 5.02 Å². The minimum absolute atomic E-state index is 0.105. The van der Waals surface area contributed by atoms with Gasteiger partial charge in [-0.25, -0.2) is 9.59 Å². The number of piperazine rings is 1. The number of hydrogen-bond acceptors (Lipinski definition) is 7. The maximum Gasteiger partial charge on any atom is 0.410 e. The van der Waals surface area contributed by atoms with E-state index < -0.39 is 11.7 Å². The normalized spacial score (nSPS) is 17.1. The van der Waals surface area contributed by atoms with Gasteiger partial charge in [-0.2, -0.15) is 0 Å². The summed E-state index contributed by atoms with van der Waals surface area (Å²) in [5.41, 5.74) is 5.22. The van der Waals surface area contributed by atoms with Crippen molar-refractivity contribution < 1.29 is 24.2 Å². The molecule has 0 unspecified atom stereocenters. The fourth-order valence-corrected chi connectivity index (χ4v) is 6.40. The van der Waals surface area contributed by atoms with E-state index in [1.165, 1.54) is 0 Å². The largest absolute Gasteiger partial charge is 0.462 e. The Kier molecular flexibility index (Phi) is 10.9. The van der Waals surface area contributed by atoms with Crippen molar-refractivity contribution in [3.05, 3.63) is 88.4 Å². The van der Waals surface area contributed by atoms with Crippen LogP contribution >= 0.6 is 11.6 Å². The number of aliphatic hydroxyl groups is 1. The molecule has 0 aliphatic carbocycles. The highest BCUT2D eigenvalue weighted by molar-refractivity contribution is 6.30. The second-order valence-corrected chi connectivity index (χ2v) is 13.6. The van der Waals surface area contributed by atoms with Gasteiger partial charge < -0.3 is 24.4 Å². The van der Waals surface area contributed by atoms with Crippen LogP contribution in [-0.2, 0) is 16.0 Å². The molecule has 3 aromatic carbocycles. The lowest BCUT2D eigenvalue weighted by Crippen LogP contribution is -2.49. The highest BCUT2D eigenvalue weighted by atomic mass is 35.5. The number of carbonyl (C=O) groups excluding carboxylic acids is 2. The molecule has 2 fully saturated rings. The monoisotopic (exact) mass is 647 g/mol. The number of ether oxygens (including phenoxy) is 2. The van der Waals surface area contributed by atoms with Gasteiger partial charge in [0.15, 0.2) is 0 Å². The Morgan fingerprint density at radius 2 is 1.57 bits per heavy atom. The molecule has 46 heavy (non-hydrogen) atoms. The third kappa shape index (κ3) is 8.60. The zero-order valence-electron chi connectivity index (χ0n) is 27.4. The molecule has 3 aromatic rings. The number of halogens is 1. The van der Waals surface area contributed by atoms with Crippen LogP contribution in [0.4, 0.5) is 10.5 Å². The van der Waals surface area contributed by atoms with Crippen LogP contribution in [-0.4, -0.2) is 78.4 Å². The Balaban J connectivity index is 1.27. The maximum absolute atomic E-state index is 12.5. The number of anilines is 1. The van der Waals surface area contributed by atoms with E-state index in [0.717, 1.165) is 73.5 Å². The van der Waals surface area contributed by atoms with Crippen molar-refractivity contribution in [1.82, 2.24) is 9.80 Å². The van der Waals surface area contributed by atoms with Gasteiger partial charge in [0.1, 0.15) is 5.60 Å². The van der Waals surface area contributed by atoms with Crippen molar-refractivity contribution in [3.8, 4) is 11.1 Å². The van der Waals surface area contributed by atoms with Crippen LogP contribution in [0.3, 0.4) is 0 Å². The Morgan fingerprint density at radius 1 is 0.913 bits per heavy atom. The lowest BCUT2D eigenvalue weighted by molar-refractivity contribution is 0.0138. The second kappa shape index (κ2) is 14.9. The fraction of sp³-hybridized carbons (Fsp3) is 0.459. The summed E-state index contributed by atoms with van der Waals surface area (Å²) in [5.74, 6) is -0.202. The zero-order chi connectivity index (χ0) is 32.8. The van der Waals surface area contributed by atoms with E-state index in [4.69, 9.17) is 21.1 Å². The molecule has 1 N–H and O–H groups in total. The predicted molar refractivity (Wildman–Crippen MR) is 182 cm³/mol. The molecule has 0 bridgehead atoms. The van der Waals surface area contributed by atoms with Gasteiger partial charge in [-0.3, -0.25) is 4.90 Å². The van der Waals surface area contributed by atoms with Gasteiger partial charge in [-0.15, -0.1) is 0 Å². The first kappa shape index (κ1) is 33.8. The number of nitrogens with zero attached hydrogens (tertiary/aromatic N) is 3. The lowest BCUT2D eigenvalue weighted by Gasteiger charge is -2.37. The summed E-state index contributed by atoms with van der Waals surface area (Å²) >= 11 is 6.21. The van der Waals surface area contributed by atoms with E-state index in [0.29, 0.717) is 30.3 Å². The smallest absolute Gasteiger partial charge is 0.410 e. The van der Waals surface area contributed by atoms with Gasteiger partial charge in [0.25, 0.3) is 0 Å². The minimum Gasteiger partial charge on any atom is -0.462 e. The Labute approximate surface area is 277 Å².